The van der Waals surface area contributed by atoms with E-state index in [-0.39, 0.29) is 16.2 Å². The first-order chi connectivity index (χ1) is 9.07. The quantitative estimate of drug-likeness (QED) is 0.394. The fourth-order valence-corrected chi connectivity index (χ4v) is 2.36. The second kappa shape index (κ2) is 4.91. The molecule has 1 aliphatic heterocycles. The highest BCUT2D eigenvalue weighted by Gasteiger charge is 2.54. The average molecular weight is 316 g/mol. The third kappa shape index (κ3) is 2.43. The number of rotatable bonds is 2. The van der Waals surface area contributed by atoms with Crippen molar-refractivity contribution in [2.24, 2.45) is 0 Å². The summed E-state index contributed by atoms with van der Waals surface area (Å²) in [5.74, 6) is 0. The van der Waals surface area contributed by atoms with Gasteiger partial charge in [-0.15, -0.1) is 12.6 Å². The van der Waals surface area contributed by atoms with Crippen molar-refractivity contribution >= 4 is 42.5 Å². The Balaban J connectivity index is 2.54. The van der Waals surface area contributed by atoms with Gasteiger partial charge in [-0.05, 0) is 33.8 Å². The van der Waals surface area contributed by atoms with Crippen LogP contribution in [0.25, 0.3) is 0 Å². The van der Waals surface area contributed by atoms with Gasteiger partial charge >= 0.3 is 7.12 Å². The van der Waals surface area contributed by atoms with Crippen molar-refractivity contribution < 1.29 is 14.2 Å². The summed E-state index contributed by atoms with van der Waals surface area (Å²) in [5, 5.41) is 11.4. The molecule has 0 aromatic heterocycles. The smallest absolute Gasteiger partial charge is 0.399 e. The van der Waals surface area contributed by atoms with Gasteiger partial charge in [-0.2, -0.15) is 0 Å². The molecule has 1 saturated heterocycles. The molecule has 0 N–H and O–H groups in total. The first-order valence-electron chi connectivity index (χ1n) is 6.08. The third-order valence-corrected chi connectivity index (χ3v) is 4.73. The zero-order valence-corrected chi connectivity index (χ0v) is 13.3. The molecule has 0 bridgehead atoms. The molecule has 1 heterocycles. The van der Waals surface area contributed by atoms with Gasteiger partial charge < -0.3 is 9.31 Å². The van der Waals surface area contributed by atoms with E-state index in [1.807, 2.05) is 27.7 Å². The number of nitrogens with zero attached hydrogens (tertiary/aromatic N) is 1. The summed E-state index contributed by atoms with van der Waals surface area (Å²) in [6.07, 6.45) is 0. The average Bonchev–Trinajstić information content (AvgIpc) is 2.51. The lowest BCUT2D eigenvalue weighted by atomic mass is 9.77. The van der Waals surface area contributed by atoms with Gasteiger partial charge in [0, 0.05) is 11.0 Å². The Morgan fingerprint density at radius 2 is 1.75 bits per heavy atom. The molecule has 0 unspecified atom stereocenters. The van der Waals surface area contributed by atoms with Crippen LogP contribution >= 0.6 is 24.2 Å². The van der Waals surface area contributed by atoms with Crippen molar-refractivity contribution in [2.75, 3.05) is 0 Å². The second-order valence-corrected chi connectivity index (χ2v) is 6.54. The molecule has 1 aromatic carbocycles. The molecule has 8 heteroatoms. The van der Waals surface area contributed by atoms with E-state index in [9.17, 15) is 10.1 Å². The van der Waals surface area contributed by atoms with Crippen LogP contribution in [0.5, 0.6) is 0 Å². The Morgan fingerprint density at radius 3 is 2.20 bits per heavy atom. The Hall–Kier alpha value is -0.755. The maximum Gasteiger partial charge on any atom is 0.503 e. The molecule has 108 valence electrons. The Kier molecular flexibility index (Phi) is 3.84. The van der Waals surface area contributed by atoms with Crippen LogP contribution in [0.4, 0.5) is 5.69 Å². The molecule has 20 heavy (non-hydrogen) atoms. The van der Waals surface area contributed by atoms with Crippen LogP contribution < -0.4 is 5.46 Å². The minimum Gasteiger partial charge on any atom is -0.399 e. The van der Waals surface area contributed by atoms with E-state index >= 15 is 0 Å². The lowest BCUT2D eigenvalue weighted by molar-refractivity contribution is -0.383. The van der Waals surface area contributed by atoms with Gasteiger partial charge in [0.05, 0.1) is 26.6 Å². The van der Waals surface area contributed by atoms with Gasteiger partial charge in [-0.1, -0.05) is 11.6 Å². The van der Waals surface area contributed by atoms with Crippen LogP contribution in [0.2, 0.25) is 5.02 Å². The van der Waals surface area contributed by atoms with Crippen LogP contribution in [-0.4, -0.2) is 23.2 Å². The van der Waals surface area contributed by atoms with Crippen molar-refractivity contribution in [3.05, 3.63) is 27.3 Å². The van der Waals surface area contributed by atoms with Gasteiger partial charge in [0.1, 0.15) is 0 Å². The molecule has 0 amide bonds. The van der Waals surface area contributed by atoms with Crippen LogP contribution in [-0.2, 0) is 9.31 Å². The van der Waals surface area contributed by atoms with Gasteiger partial charge in [-0.3, -0.25) is 10.1 Å². The molecular weight excluding hydrogens is 300 g/mol. The largest absolute Gasteiger partial charge is 0.503 e. The normalized spacial score (nSPS) is 20.2. The highest BCUT2D eigenvalue weighted by molar-refractivity contribution is 7.80. The number of nitro benzene ring substituents is 1. The maximum absolute atomic E-state index is 11.2. The topological polar surface area (TPSA) is 61.6 Å². The highest BCUT2D eigenvalue weighted by atomic mass is 35.5. The summed E-state index contributed by atoms with van der Waals surface area (Å²) in [6.45, 7) is 7.49. The molecule has 1 fully saturated rings. The molecule has 0 radical (unpaired) electrons. The van der Waals surface area contributed by atoms with Crippen LogP contribution in [0.1, 0.15) is 27.7 Å². The molecule has 2 rings (SSSR count). The number of benzene rings is 1. The molecule has 5 nitrogen and oxygen atoms in total. The number of halogens is 1. The zero-order valence-electron chi connectivity index (χ0n) is 11.6. The summed E-state index contributed by atoms with van der Waals surface area (Å²) in [7, 11) is -0.889. The lowest BCUT2D eigenvalue weighted by Crippen LogP contribution is -2.41. The van der Waals surface area contributed by atoms with Crippen molar-refractivity contribution in [1.29, 1.82) is 0 Å². The van der Waals surface area contributed by atoms with E-state index in [2.05, 4.69) is 12.6 Å². The SMILES string of the molecule is CC1(C)OB(c2c([N+](=O)[O-])ccc(S)c2Cl)OC1(C)C. The number of hydrogen-bond donors (Lipinski definition) is 1. The van der Waals surface area contributed by atoms with Gasteiger partial charge in [0.25, 0.3) is 5.69 Å². The monoisotopic (exact) mass is 315 g/mol. The summed E-state index contributed by atoms with van der Waals surface area (Å²) in [6, 6.07) is 2.84. The van der Waals surface area contributed by atoms with Crippen LogP contribution in [0.3, 0.4) is 0 Å². The van der Waals surface area contributed by atoms with E-state index < -0.39 is 23.2 Å². The number of thiol groups is 1. The van der Waals surface area contributed by atoms with Crippen molar-refractivity contribution in [1.82, 2.24) is 0 Å². The lowest BCUT2D eigenvalue weighted by Gasteiger charge is -2.32. The van der Waals surface area contributed by atoms with E-state index in [1.165, 1.54) is 12.1 Å². The second-order valence-electron chi connectivity index (χ2n) is 5.68. The Bertz CT molecular complexity index is 563. The molecular formula is C12H15BClNO4S. The first-order valence-corrected chi connectivity index (χ1v) is 6.91. The van der Waals surface area contributed by atoms with E-state index in [0.717, 1.165) is 0 Å². The summed E-state index contributed by atoms with van der Waals surface area (Å²) in [5.41, 5.74) is -1.11. The number of hydrogen-bond acceptors (Lipinski definition) is 5. The van der Waals surface area contributed by atoms with Gasteiger partial charge in [0.15, 0.2) is 0 Å². The summed E-state index contributed by atoms with van der Waals surface area (Å²) in [4.78, 5) is 11.1. The van der Waals surface area contributed by atoms with Crippen LogP contribution in [0.15, 0.2) is 17.0 Å². The third-order valence-electron chi connectivity index (χ3n) is 3.82. The fraction of sp³-hybridized carbons (Fsp3) is 0.500. The van der Waals surface area contributed by atoms with E-state index in [4.69, 9.17) is 20.9 Å². The van der Waals surface area contributed by atoms with Crippen molar-refractivity contribution in [3.63, 3.8) is 0 Å². The van der Waals surface area contributed by atoms with Gasteiger partial charge in [-0.25, -0.2) is 0 Å². The molecule has 0 spiro atoms. The Morgan fingerprint density at radius 1 is 1.25 bits per heavy atom. The standard InChI is InChI=1S/C12H15BClNO4S/c1-11(2)12(3,4)19-13(18-11)9-7(15(16)17)5-6-8(20)10(9)14/h5-6,20H,1-4H3. The minimum absolute atomic E-state index is 0.133. The molecule has 0 atom stereocenters. The first kappa shape index (κ1) is 15.6. The Labute approximate surface area is 128 Å². The predicted octanol–water partition coefficient (Wildman–Crippen LogP) is 2.84. The van der Waals surface area contributed by atoms with E-state index in [0.29, 0.717) is 4.90 Å². The summed E-state index contributed by atoms with van der Waals surface area (Å²) < 4.78 is 11.7. The fourth-order valence-electron chi connectivity index (χ4n) is 1.92. The summed E-state index contributed by atoms with van der Waals surface area (Å²) >= 11 is 10.4. The maximum atomic E-state index is 11.2. The zero-order chi connectivity index (χ0) is 15.3. The molecule has 0 aliphatic carbocycles. The predicted molar refractivity (Wildman–Crippen MR) is 81.1 cm³/mol. The van der Waals surface area contributed by atoms with Crippen molar-refractivity contribution in [2.45, 2.75) is 43.8 Å². The highest BCUT2D eigenvalue weighted by Crippen LogP contribution is 2.38. The van der Waals surface area contributed by atoms with Crippen molar-refractivity contribution in [3.8, 4) is 0 Å². The number of nitro groups is 1. The molecule has 1 aliphatic rings. The molecule has 1 aromatic rings. The molecule has 0 saturated carbocycles. The van der Waals surface area contributed by atoms with E-state index in [1.54, 1.807) is 0 Å². The van der Waals surface area contributed by atoms with Gasteiger partial charge in [0.2, 0.25) is 0 Å². The minimum atomic E-state index is -0.889. The van der Waals surface area contributed by atoms with Crippen LogP contribution in [0, 0.1) is 10.1 Å².